The van der Waals surface area contributed by atoms with E-state index < -0.39 is 0 Å². The van der Waals surface area contributed by atoms with Crippen LogP contribution >= 0.6 is 22.6 Å². The van der Waals surface area contributed by atoms with E-state index in [9.17, 15) is 4.79 Å². The van der Waals surface area contributed by atoms with Crippen LogP contribution in [-0.4, -0.2) is 29.2 Å². The molecule has 1 aromatic heterocycles. The summed E-state index contributed by atoms with van der Waals surface area (Å²) in [6, 6.07) is 19.3. The summed E-state index contributed by atoms with van der Waals surface area (Å²) in [4.78, 5) is 14.7. The van der Waals surface area contributed by atoms with Crippen molar-refractivity contribution >= 4 is 40.0 Å². The smallest absolute Gasteiger partial charge is 0.255 e. The molecule has 0 atom stereocenters. The molecule has 3 aromatic rings. The molecule has 0 radical (unpaired) electrons. The second kappa shape index (κ2) is 9.35. The van der Waals surface area contributed by atoms with Gasteiger partial charge in [0.05, 0.1) is 5.69 Å². The van der Waals surface area contributed by atoms with E-state index >= 15 is 0 Å². The van der Waals surface area contributed by atoms with Crippen LogP contribution in [0.4, 0.5) is 11.5 Å². The van der Waals surface area contributed by atoms with Crippen LogP contribution in [0.15, 0.2) is 60.7 Å². The molecule has 4 rings (SSSR count). The average molecular weight is 498 g/mol. The van der Waals surface area contributed by atoms with Crippen LogP contribution in [0.3, 0.4) is 0 Å². The Balaban J connectivity index is 1.42. The van der Waals surface area contributed by atoms with Gasteiger partial charge in [-0.15, -0.1) is 10.2 Å². The first-order chi connectivity index (χ1) is 14.2. The highest BCUT2D eigenvalue weighted by Crippen LogP contribution is 2.22. The normalized spacial score (nSPS) is 14.3. The molecular formula is C23H23IN4O. The number of hydrogen-bond donors (Lipinski definition) is 1. The van der Waals surface area contributed by atoms with Gasteiger partial charge in [-0.3, -0.25) is 4.79 Å². The van der Waals surface area contributed by atoms with Crippen molar-refractivity contribution in [3.8, 4) is 11.3 Å². The van der Waals surface area contributed by atoms with Gasteiger partial charge in [-0.2, -0.15) is 0 Å². The first-order valence-electron chi connectivity index (χ1n) is 9.95. The van der Waals surface area contributed by atoms with E-state index in [0.29, 0.717) is 5.56 Å². The molecule has 0 saturated carbocycles. The largest absolute Gasteiger partial charge is 0.355 e. The van der Waals surface area contributed by atoms with Crippen LogP contribution in [0.1, 0.15) is 36.0 Å². The number of amides is 1. The molecule has 6 heteroatoms. The van der Waals surface area contributed by atoms with Crippen molar-refractivity contribution < 1.29 is 4.79 Å². The summed E-state index contributed by atoms with van der Waals surface area (Å²) in [5, 5.41) is 11.8. The first-order valence-corrected chi connectivity index (χ1v) is 11.0. The number of benzene rings is 2. The van der Waals surface area contributed by atoms with Gasteiger partial charge in [0.1, 0.15) is 0 Å². The SMILES string of the molecule is O=C(Nc1ccc(-c2ccc(N3CCCCCC3)nn2)cc1)c1ccc(I)cc1. The number of hydrogen-bond acceptors (Lipinski definition) is 4. The van der Waals surface area contributed by atoms with Gasteiger partial charge in [0.2, 0.25) is 0 Å². The highest BCUT2D eigenvalue weighted by molar-refractivity contribution is 14.1. The zero-order valence-electron chi connectivity index (χ0n) is 16.1. The van der Waals surface area contributed by atoms with Crippen molar-refractivity contribution in [1.29, 1.82) is 0 Å². The average Bonchev–Trinajstić information content (AvgIpc) is 3.04. The maximum absolute atomic E-state index is 12.4. The molecule has 1 aliphatic rings. The van der Waals surface area contributed by atoms with E-state index in [1.807, 2.05) is 54.6 Å². The Kier molecular flexibility index (Phi) is 6.39. The maximum Gasteiger partial charge on any atom is 0.255 e. The van der Waals surface area contributed by atoms with Crippen molar-refractivity contribution in [2.24, 2.45) is 0 Å². The number of nitrogens with one attached hydrogen (secondary N) is 1. The Hall–Kier alpha value is -2.48. The molecule has 29 heavy (non-hydrogen) atoms. The predicted octanol–water partition coefficient (Wildman–Crippen LogP) is 5.38. The first kappa shape index (κ1) is 19.8. The summed E-state index contributed by atoms with van der Waals surface area (Å²) in [5.74, 6) is 0.841. The lowest BCUT2D eigenvalue weighted by molar-refractivity contribution is 0.102. The van der Waals surface area contributed by atoms with E-state index in [1.165, 1.54) is 25.7 Å². The maximum atomic E-state index is 12.4. The quantitative estimate of drug-likeness (QED) is 0.491. The monoisotopic (exact) mass is 498 g/mol. The molecule has 2 aromatic carbocycles. The Labute approximate surface area is 184 Å². The van der Waals surface area contributed by atoms with Crippen LogP contribution in [0.5, 0.6) is 0 Å². The Morgan fingerprint density at radius 2 is 1.52 bits per heavy atom. The molecule has 5 nitrogen and oxygen atoms in total. The molecule has 1 N–H and O–H groups in total. The van der Waals surface area contributed by atoms with E-state index in [0.717, 1.165) is 39.4 Å². The summed E-state index contributed by atoms with van der Waals surface area (Å²) < 4.78 is 1.10. The van der Waals surface area contributed by atoms with E-state index in [1.54, 1.807) is 0 Å². The van der Waals surface area contributed by atoms with E-state index in [-0.39, 0.29) is 5.91 Å². The number of aromatic nitrogens is 2. The van der Waals surface area contributed by atoms with Crippen molar-refractivity contribution in [3.63, 3.8) is 0 Å². The van der Waals surface area contributed by atoms with Gasteiger partial charge in [-0.05, 0) is 84.0 Å². The molecule has 1 fully saturated rings. The minimum absolute atomic E-state index is 0.115. The lowest BCUT2D eigenvalue weighted by Gasteiger charge is -2.20. The molecule has 0 unspecified atom stereocenters. The Morgan fingerprint density at radius 1 is 0.828 bits per heavy atom. The summed E-state index contributed by atoms with van der Waals surface area (Å²) in [7, 11) is 0. The molecule has 1 amide bonds. The number of carbonyl (C=O) groups excluding carboxylic acids is 1. The molecule has 1 aliphatic heterocycles. The highest BCUT2D eigenvalue weighted by Gasteiger charge is 2.12. The highest BCUT2D eigenvalue weighted by atomic mass is 127. The van der Waals surface area contributed by atoms with Crippen molar-refractivity contribution in [2.75, 3.05) is 23.3 Å². The van der Waals surface area contributed by atoms with Crippen LogP contribution in [0, 0.1) is 3.57 Å². The van der Waals surface area contributed by atoms with Gasteiger partial charge < -0.3 is 10.2 Å². The van der Waals surface area contributed by atoms with Crippen molar-refractivity contribution in [3.05, 3.63) is 69.8 Å². The Morgan fingerprint density at radius 3 is 2.14 bits per heavy atom. The lowest BCUT2D eigenvalue weighted by atomic mass is 10.1. The minimum Gasteiger partial charge on any atom is -0.355 e. The number of carbonyl (C=O) groups is 1. The number of nitrogens with zero attached hydrogens (tertiary/aromatic N) is 3. The molecule has 148 valence electrons. The lowest BCUT2D eigenvalue weighted by Crippen LogP contribution is -2.25. The topological polar surface area (TPSA) is 58.1 Å². The summed E-state index contributed by atoms with van der Waals surface area (Å²) in [6.45, 7) is 2.12. The van der Waals surface area contributed by atoms with E-state index in [2.05, 4.69) is 49.1 Å². The van der Waals surface area contributed by atoms with Gasteiger partial charge in [0.25, 0.3) is 5.91 Å². The minimum atomic E-state index is -0.115. The van der Waals surface area contributed by atoms with Crippen LogP contribution in [0.2, 0.25) is 0 Å². The van der Waals surface area contributed by atoms with Crippen LogP contribution < -0.4 is 10.2 Å². The third kappa shape index (κ3) is 5.12. The predicted molar refractivity (Wildman–Crippen MR) is 125 cm³/mol. The summed E-state index contributed by atoms with van der Waals surface area (Å²) in [6.07, 6.45) is 5.04. The second-order valence-electron chi connectivity index (χ2n) is 7.22. The van der Waals surface area contributed by atoms with Gasteiger partial charge in [-0.1, -0.05) is 25.0 Å². The third-order valence-electron chi connectivity index (χ3n) is 5.13. The molecule has 0 bridgehead atoms. The standard InChI is InChI=1S/C23H23IN4O/c24-19-9-5-18(6-10-19)23(29)25-20-11-7-17(8-12-20)21-13-14-22(27-26-21)28-15-3-1-2-4-16-28/h5-14H,1-4,15-16H2,(H,25,29). The summed E-state index contributed by atoms with van der Waals surface area (Å²) >= 11 is 2.22. The van der Waals surface area contributed by atoms with Crippen molar-refractivity contribution in [1.82, 2.24) is 10.2 Å². The molecular weight excluding hydrogens is 475 g/mol. The zero-order chi connectivity index (χ0) is 20.1. The number of halogens is 1. The Bertz CT molecular complexity index is 948. The summed E-state index contributed by atoms with van der Waals surface area (Å²) in [5.41, 5.74) is 3.21. The second-order valence-corrected chi connectivity index (χ2v) is 8.46. The molecule has 0 spiro atoms. The fourth-order valence-electron chi connectivity index (χ4n) is 3.48. The molecule has 2 heterocycles. The van der Waals surface area contributed by atoms with Gasteiger partial charge in [0.15, 0.2) is 5.82 Å². The molecule has 0 aliphatic carbocycles. The van der Waals surface area contributed by atoms with Gasteiger partial charge >= 0.3 is 0 Å². The van der Waals surface area contributed by atoms with Crippen molar-refractivity contribution in [2.45, 2.75) is 25.7 Å². The van der Waals surface area contributed by atoms with Crippen LogP contribution in [-0.2, 0) is 0 Å². The van der Waals surface area contributed by atoms with Gasteiger partial charge in [-0.25, -0.2) is 0 Å². The zero-order valence-corrected chi connectivity index (χ0v) is 18.3. The fraction of sp³-hybridized carbons (Fsp3) is 0.261. The third-order valence-corrected chi connectivity index (χ3v) is 5.84. The number of anilines is 2. The van der Waals surface area contributed by atoms with Gasteiger partial charge in [0, 0.05) is 33.5 Å². The molecule has 1 saturated heterocycles. The van der Waals surface area contributed by atoms with Crippen LogP contribution in [0.25, 0.3) is 11.3 Å². The fourth-order valence-corrected chi connectivity index (χ4v) is 3.84. The number of rotatable bonds is 4. The van der Waals surface area contributed by atoms with E-state index in [4.69, 9.17) is 0 Å².